The van der Waals surface area contributed by atoms with Crippen LogP contribution in [0.25, 0.3) is 10.9 Å². The quantitative estimate of drug-likeness (QED) is 0.690. The van der Waals surface area contributed by atoms with Crippen LogP contribution in [0.1, 0.15) is 10.4 Å². The largest absolute Gasteiger partial charge is 0.479 e. The summed E-state index contributed by atoms with van der Waals surface area (Å²) in [5, 5.41) is 12.3. The molecule has 1 saturated heterocycles. The Balaban J connectivity index is 1.72. The molecule has 8 nitrogen and oxygen atoms in total. The van der Waals surface area contributed by atoms with Crippen molar-refractivity contribution in [3.8, 4) is 0 Å². The first-order chi connectivity index (χ1) is 12.5. The van der Waals surface area contributed by atoms with E-state index in [2.05, 4.69) is 10.3 Å². The molecule has 0 radical (unpaired) electrons. The number of aromatic nitrogens is 1. The molecular weight excluding hydrogens is 358 g/mol. The van der Waals surface area contributed by atoms with Crippen molar-refractivity contribution >= 4 is 40.4 Å². The van der Waals surface area contributed by atoms with Crippen molar-refractivity contribution in [1.82, 2.24) is 15.2 Å². The van der Waals surface area contributed by atoms with Gasteiger partial charge in [-0.3, -0.25) is 9.59 Å². The highest BCUT2D eigenvalue weighted by Crippen LogP contribution is 2.26. The molecule has 1 aliphatic rings. The number of hydrogen-bond acceptors (Lipinski definition) is 5. The number of amides is 2. The summed E-state index contributed by atoms with van der Waals surface area (Å²) in [6.07, 6.45) is 0.529. The van der Waals surface area contributed by atoms with Crippen molar-refractivity contribution in [2.45, 2.75) is 12.1 Å². The van der Waals surface area contributed by atoms with E-state index in [9.17, 15) is 14.4 Å². The van der Waals surface area contributed by atoms with Crippen LogP contribution >= 0.6 is 11.8 Å². The summed E-state index contributed by atoms with van der Waals surface area (Å²) < 4.78 is 4.80. The van der Waals surface area contributed by atoms with Gasteiger partial charge >= 0.3 is 5.97 Å². The molecular formula is C17H19N3O5S. The van der Waals surface area contributed by atoms with Gasteiger partial charge in [-0.25, -0.2) is 4.79 Å². The molecule has 2 heterocycles. The van der Waals surface area contributed by atoms with Crippen molar-refractivity contribution in [2.75, 3.05) is 25.3 Å². The maximum absolute atomic E-state index is 12.9. The summed E-state index contributed by atoms with van der Waals surface area (Å²) in [6, 6.07) is 6.82. The highest BCUT2D eigenvalue weighted by molar-refractivity contribution is 7.99. The fraction of sp³-hybridized carbons (Fsp3) is 0.353. The van der Waals surface area contributed by atoms with Gasteiger partial charge in [0.05, 0.1) is 18.0 Å². The Morgan fingerprint density at radius 2 is 2.19 bits per heavy atom. The number of aromatic amines is 1. The van der Waals surface area contributed by atoms with E-state index in [-0.39, 0.29) is 18.4 Å². The van der Waals surface area contributed by atoms with Crippen molar-refractivity contribution in [1.29, 1.82) is 0 Å². The van der Waals surface area contributed by atoms with Gasteiger partial charge in [0.2, 0.25) is 5.91 Å². The number of carbonyl (C=O) groups excluding carboxylic acids is 2. The number of carbonyl (C=O) groups is 3. The molecule has 3 rings (SSSR count). The molecule has 9 heteroatoms. The number of hydrogen-bond donors (Lipinski definition) is 3. The number of aliphatic carboxylic acids is 1. The van der Waals surface area contributed by atoms with Gasteiger partial charge < -0.3 is 25.0 Å². The van der Waals surface area contributed by atoms with Gasteiger partial charge in [-0.05, 0) is 6.07 Å². The van der Waals surface area contributed by atoms with E-state index < -0.39 is 18.1 Å². The first kappa shape index (κ1) is 18.3. The number of carboxylic acid groups (broad SMARTS) is 1. The van der Waals surface area contributed by atoms with Crippen LogP contribution in [-0.4, -0.2) is 70.2 Å². The number of fused-ring (bicyclic) bond motifs is 1. The van der Waals surface area contributed by atoms with Gasteiger partial charge in [0, 0.05) is 30.0 Å². The average molecular weight is 377 g/mol. The first-order valence-corrected chi connectivity index (χ1v) is 9.16. The summed E-state index contributed by atoms with van der Waals surface area (Å²) in [7, 11) is 1.27. The smallest absolute Gasteiger partial charge is 0.334 e. The summed E-state index contributed by atoms with van der Waals surface area (Å²) in [5.41, 5.74) is 1.37. The predicted molar refractivity (Wildman–Crippen MR) is 97.0 cm³/mol. The number of methoxy groups -OCH3 is 1. The van der Waals surface area contributed by atoms with Gasteiger partial charge in [-0.1, -0.05) is 18.2 Å². The first-order valence-electron chi connectivity index (χ1n) is 8.01. The molecule has 1 aromatic carbocycles. The molecule has 3 N–H and O–H groups in total. The number of para-hydroxylation sites is 1. The molecule has 26 heavy (non-hydrogen) atoms. The number of ether oxygens (including phenoxy) is 1. The third kappa shape index (κ3) is 3.54. The van der Waals surface area contributed by atoms with Crippen LogP contribution in [0.15, 0.2) is 30.5 Å². The standard InChI is InChI=1S/C17H19N3O5S/c1-25-14(17(23)24)7-19-15(21)13-8-26-9-20(13)16(22)11-6-18-12-5-3-2-4-10(11)12/h2-6,13-14,18H,7-9H2,1H3,(H,19,21)(H,23,24). The van der Waals surface area contributed by atoms with Crippen LogP contribution in [0, 0.1) is 0 Å². The minimum Gasteiger partial charge on any atom is -0.479 e. The second-order valence-electron chi connectivity index (χ2n) is 5.85. The maximum atomic E-state index is 12.9. The lowest BCUT2D eigenvalue weighted by molar-refractivity contribution is -0.148. The summed E-state index contributed by atoms with van der Waals surface area (Å²) in [4.78, 5) is 40.9. The van der Waals surface area contributed by atoms with Crippen LogP contribution < -0.4 is 5.32 Å². The normalized spacial score (nSPS) is 18.0. The van der Waals surface area contributed by atoms with E-state index in [1.54, 1.807) is 6.20 Å². The van der Waals surface area contributed by atoms with Crippen molar-refractivity contribution in [3.05, 3.63) is 36.0 Å². The van der Waals surface area contributed by atoms with E-state index in [4.69, 9.17) is 9.84 Å². The molecule has 0 saturated carbocycles. The Kier molecular flexibility index (Phi) is 5.48. The van der Waals surface area contributed by atoms with Gasteiger partial charge in [0.1, 0.15) is 6.04 Å². The fourth-order valence-corrected chi connectivity index (χ4v) is 4.00. The van der Waals surface area contributed by atoms with Crippen LogP contribution in [0.4, 0.5) is 0 Å². The van der Waals surface area contributed by atoms with Gasteiger partial charge in [-0.15, -0.1) is 11.8 Å². The fourth-order valence-electron chi connectivity index (χ4n) is 2.85. The predicted octanol–water partition coefficient (Wildman–Crippen LogP) is 0.899. The van der Waals surface area contributed by atoms with Crippen molar-refractivity contribution < 1.29 is 24.2 Å². The molecule has 2 atom stereocenters. The van der Waals surface area contributed by atoms with E-state index in [0.29, 0.717) is 17.2 Å². The zero-order chi connectivity index (χ0) is 18.7. The molecule has 2 amide bonds. The molecule has 2 aromatic rings. The number of carboxylic acids is 1. The molecule has 0 bridgehead atoms. The number of H-pyrrole nitrogens is 1. The highest BCUT2D eigenvalue weighted by atomic mass is 32.2. The Labute approximate surface area is 153 Å². The zero-order valence-electron chi connectivity index (χ0n) is 14.1. The van der Waals surface area contributed by atoms with E-state index >= 15 is 0 Å². The zero-order valence-corrected chi connectivity index (χ0v) is 14.9. The van der Waals surface area contributed by atoms with Gasteiger partial charge in [-0.2, -0.15) is 0 Å². The third-order valence-corrected chi connectivity index (χ3v) is 5.30. The van der Waals surface area contributed by atoms with Gasteiger partial charge in [0.25, 0.3) is 5.91 Å². The lowest BCUT2D eigenvalue weighted by Gasteiger charge is -2.23. The number of nitrogens with one attached hydrogen (secondary N) is 2. The third-order valence-electron chi connectivity index (χ3n) is 4.29. The Hall–Kier alpha value is -2.52. The second kappa shape index (κ2) is 7.79. The van der Waals surface area contributed by atoms with Gasteiger partial charge in [0.15, 0.2) is 6.10 Å². The van der Waals surface area contributed by atoms with Crippen LogP contribution in [0.3, 0.4) is 0 Å². The van der Waals surface area contributed by atoms with Crippen LogP contribution in [-0.2, 0) is 14.3 Å². The molecule has 1 aliphatic heterocycles. The summed E-state index contributed by atoms with van der Waals surface area (Å²) in [5.74, 6) is -0.894. The Bertz CT molecular complexity index is 837. The SMILES string of the molecule is COC(CNC(=O)C1CSCN1C(=O)c1c[nH]c2ccccc12)C(=O)O. The molecule has 1 fully saturated rings. The topological polar surface area (TPSA) is 112 Å². The number of rotatable bonds is 6. The summed E-state index contributed by atoms with van der Waals surface area (Å²) in [6.45, 7) is -0.152. The number of thioether (sulfide) groups is 1. The maximum Gasteiger partial charge on any atom is 0.334 e. The monoisotopic (exact) mass is 377 g/mol. The van der Waals surface area contributed by atoms with Crippen LogP contribution in [0.2, 0.25) is 0 Å². The lowest BCUT2D eigenvalue weighted by Crippen LogP contribution is -2.49. The lowest BCUT2D eigenvalue weighted by atomic mass is 10.1. The molecule has 0 aliphatic carbocycles. The number of nitrogens with zero attached hydrogens (tertiary/aromatic N) is 1. The van der Waals surface area contributed by atoms with Crippen molar-refractivity contribution in [2.24, 2.45) is 0 Å². The molecule has 0 spiro atoms. The minimum absolute atomic E-state index is 0.152. The van der Waals surface area contributed by atoms with Crippen LogP contribution in [0.5, 0.6) is 0 Å². The van der Waals surface area contributed by atoms with E-state index in [1.165, 1.54) is 23.8 Å². The van der Waals surface area contributed by atoms with E-state index in [0.717, 1.165) is 10.9 Å². The minimum atomic E-state index is -1.15. The molecule has 2 unspecified atom stereocenters. The highest BCUT2D eigenvalue weighted by Gasteiger charge is 2.36. The average Bonchev–Trinajstić information content (AvgIpc) is 3.28. The van der Waals surface area contributed by atoms with Crippen molar-refractivity contribution in [3.63, 3.8) is 0 Å². The molecule has 1 aromatic heterocycles. The Morgan fingerprint density at radius 1 is 1.42 bits per heavy atom. The summed E-state index contributed by atoms with van der Waals surface area (Å²) >= 11 is 1.48. The number of benzene rings is 1. The second-order valence-corrected chi connectivity index (χ2v) is 6.85. The Morgan fingerprint density at radius 3 is 2.92 bits per heavy atom. The van der Waals surface area contributed by atoms with E-state index in [1.807, 2.05) is 24.3 Å². The molecule has 138 valence electrons.